The molecular formula is C20H25N3O4S. The average Bonchev–Trinajstić information content (AvgIpc) is 3.09. The van der Waals surface area contributed by atoms with Crippen molar-refractivity contribution in [2.45, 2.75) is 31.7 Å². The van der Waals surface area contributed by atoms with Gasteiger partial charge in [0.2, 0.25) is 0 Å². The minimum Gasteiger partial charge on any atom is -0.477 e. The molecule has 1 aliphatic heterocycles. The van der Waals surface area contributed by atoms with Gasteiger partial charge in [-0.25, -0.2) is 0 Å². The highest BCUT2D eigenvalue weighted by Crippen LogP contribution is 2.28. The Morgan fingerprint density at radius 3 is 2.61 bits per heavy atom. The Hall–Kier alpha value is -2.45. The average molecular weight is 404 g/mol. The third kappa shape index (κ3) is 5.53. The van der Waals surface area contributed by atoms with Gasteiger partial charge in [0.05, 0.1) is 11.0 Å². The summed E-state index contributed by atoms with van der Waals surface area (Å²) in [5.41, 5.74) is -0.142. The summed E-state index contributed by atoms with van der Waals surface area (Å²) < 4.78 is 5.38. The molecule has 28 heavy (non-hydrogen) atoms. The number of thiophene rings is 1. The predicted octanol–water partition coefficient (Wildman–Crippen LogP) is 3.77. The molecule has 0 bridgehead atoms. The second-order valence-corrected chi connectivity index (χ2v) is 7.78. The van der Waals surface area contributed by atoms with Gasteiger partial charge in [-0.2, -0.15) is 0 Å². The molecule has 0 spiro atoms. The zero-order chi connectivity index (χ0) is 19.8. The molecule has 1 amide bonds. The van der Waals surface area contributed by atoms with Gasteiger partial charge >= 0.3 is 5.69 Å². The van der Waals surface area contributed by atoms with Crippen molar-refractivity contribution in [3.05, 3.63) is 56.8 Å². The lowest BCUT2D eigenvalue weighted by molar-refractivity contribution is -0.385. The summed E-state index contributed by atoms with van der Waals surface area (Å²) in [5, 5.41) is 16.0. The fraction of sp³-hybridized carbons (Fsp3) is 0.450. The van der Waals surface area contributed by atoms with Gasteiger partial charge in [0, 0.05) is 17.5 Å². The molecule has 0 saturated carbocycles. The van der Waals surface area contributed by atoms with Gasteiger partial charge in [0.25, 0.3) is 5.91 Å². The number of rotatable bonds is 8. The Labute approximate surface area is 168 Å². The highest BCUT2D eigenvalue weighted by atomic mass is 32.1. The van der Waals surface area contributed by atoms with Crippen LogP contribution < -0.4 is 10.1 Å². The minimum absolute atomic E-state index is 0.102. The van der Waals surface area contributed by atoms with Crippen LogP contribution in [-0.2, 0) is 4.79 Å². The second-order valence-electron chi connectivity index (χ2n) is 6.80. The van der Waals surface area contributed by atoms with Crippen LogP contribution >= 0.6 is 11.3 Å². The lowest BCUT2D eigenvalue weighted by atomic mass is 10.2. The summed E-state index contributed by atoms with van der Waals surface area (Å²) in [4.78, 5) is 26.5. The van der Waals surface area contributed by atoms with Crippen LogP contribution in [0.25, 0.3) is 0 Å². The van der Waals surface area contributed by atoms with Crippen LogP contribution in [0.5, 0.6) is 5.75 Å². The first-order chi connectivity index (χ1) is 13.6. The molecule has 1 aromatic carbocycles. The molecule has 0 unspecified atom stereocenters. The lowest BCUT2D eigenvalue weighted by Crippen LogP contribution is -2.39. The fourth-order valence-corrected chi connectivity index (χ4v) is 4.29. The van der Waals surface area contributed by atoms with Crippen molar-refractivity contribution in [3.8, 4) is 5.75 Å². The second kappa shape index (κ2) is 10.2. The summed E-state index contributed by atoms with van der Waals surface area (Å²) in [7, 11) is 0. The maximum absolute atomic E-state index is 12.3. The van der Waals surface area contributed by atoms with Crippen LogP contribution in [0.1, 0.15) is 36.6 Å². The van der Waals surface area contributed by atoms with Crippen LogP contribution in [0.3, 0.4) is 0 Å². The van der Waals surface area contributed by atoms with E-state index in [9.17, 15) is 14.9 Å². The molecule has 1 atom stereocenters. The molecule has 1 aromatic heterocycles. The van der Waals surface area contributed by atoms with E-state index in [2.05, 4.69) is 21.7 Å². The maximum atomic E-state index is 12.3. The molecule has 1 fully saturated rings. The SMILES string of the molecule is O=C(COc1ccccc1[N+](=O)[O-])NC[C@H](c1cccs1)N1CCCCCC1. The lowest BCUT2D eigenvalue weighted by Gasteiger charge is -2.30. The van der Waals surface area contributed by atoms with E-state index < -0.39 is 4.92 Å². The van der Waals surface area contributed by atoms with Gasteiger partial charge in [-0.3, -0.25) is 19.8 Å². The van der Waals surface area contributed by atoms with E-state index in [-0.39, 0.29) is 30.0 Å². The molecule has 1 aliphatic rings. The van der Waals surface area contributed by atoms with Crippen molar-refractivity contribution >= 4 is 22.9 Å². The highest BCUT2D eigenvalue weighted by Gasteiger charge is 2.23. The van der Waals surface area contributed by atoms with Crippen LogP contribution in [0, 0.1) is 10.1 Å². The highest BCUT2D eigenvalue weighted by molar-refractivity contribution is 7.10. The molecule has 0 aliphatic carbocycles. The van der Waals surface area contributed by atoms with Gasteiger partial charge in [-0.15, -0.1) is 11.3 Å². The zero-order valence-corrected chi connectivity index (χ0v) is 16.5. The smallest absolute Gasteiger partial charge is 0.310 e. The number of nitrogens with one attached hydrogen (secondary N) is 1. The van der Waals surface area contributed by atoms with E-state index in [1.54, 1.807) is 23.5 Å². The molecule has 0 radical (unpaired) electrons. The number of hydrogen-bond acceptors (Lipinski definition) is 6. The molecule has 8 heteroatoms. The molecule has 1 N–H and O–H groups in total. The molecule has 150 valence electrons. The summed E-state index contributed by atoms with van der Waals surface area (Å²) in [6.07, 6.45) is 4.86. The quantitative estimate of drug-likeness (QED) is 0.536. The minimum atomic E-state index is -0.514. The number of ether oxygens (including phenoxy) is 1. The van der Waals surface area contributed by atoms with Gasteiger partial charge in [0.1, 0.15) is 0 Å². The largest absolute Gasteiger partial charge is 0.477 e. The molecular weight excluding hydrogens is 378 g/mol. The monoisotopic (exact) mass is 403 g/mol. The van der Waals surface area contributed by atoms with E-state index in [0.29, 0.717) is 6.54 Å². The van der Waals surface area contributed by atoms with Gasteiger partial charge < -0.3 is 10.1 Å². The van der Waals surface area contributed by atoms with Crippen molar-refractivity contribution in [2.75, 3.05) is 26.2 Å². The molecule has 1 saturated heterocycles. The van der Waals surface area contributed by atoms with Crippen molar-refractivity contribution in [2.24, 2.45) is 0 Å². The molecule has 7 nitrogen and oxygen atoms in total. The number of amides is 1. The fourth-order valence-electron chi connectivity index (χ4n) is 3.43. The first kappa shape index (κ1) is 20.3. The number of nitro benzene ring substituents is 1. The number of benzene rings is 1. The summed E-state index contributed by atoms with van der Waals surface area (Å²) in [5.74, 6) is -0.181. The van der Waals surface area contributed by atoms with Gasteiger partial charge in [-0.1, -0.05) is 31.0 Å². The Morgan fingerprint density at radius 1 is 1.18 bits per heavy atom. The molecule has 2 heterocycles. The van der Waals surface area contributed by atoms with Crippen molar-refractivity contribution in [1.29, 1.82) is 0 Å². The van der Waals surface area contributed by atoms with Gasteiger partial charge in [0.15, 0.2) is 12.4 Å². The number of likely N-dealkylation sites (tertiary alicyclic amines) is 1. The van der Waals surface area contributed by atoms with E-state index in [4.69, 9.17) is 4.74 Å². The topological polar surface area (TPSA) is 84.7 Å². The summed E-state index contributed by atoms with van der Waals surface area (Å²) in [6, 6.07) is 10.4. The van der Waals surface area contributed by atoms with E-state index >= 15 is 0 Å². The number of para-hydroxylation sites is 2. The van der Waals surface area contributed by atoms with Crippen LogP contribution in [-0.4, -0.2) is 42.0 Å². The molecule has 3 rings (SSSR count). The first-order valence-corrected chi connectivity index (χ1v) is 10.4. The maximum Gasteiger partial charge on any atom is 0.310 e. The van der Waals surface area contributed by atoms with E-state index in [0.717, 1.165) is 13.1 Å². The van der Waals surface area contributed by atoms with Crippen LogP contribution in [0.2, 0.25) is 0 Å². The third-order valence-corrected chi connectivity index (χ3v) is 5.84. The number of hydrogen-bond donors (Lipinski definition) is 1. The summed E-state index contributed by atoms with van der Waals surface area (Å²) >= 11 is 1.70. The van der Waals surface area contributed by atoms with Crippen molar-refractivity contribution < 1.29 is 14.5 Å². The Kier molecular flexibility index (Phi) is 7.39. The Morgan fingerprint density at radius 2 is 1.93 bits per heavy atom. The normalized spacial score (nSPS) is 16.1. The number of nitrogens with zero attached hydrogens (tertiary/aromatic N) is 2. The van der Waals surface area contributed by atoms with Crippen molar-refractivity contribution in [3.63, 3.8) is 0 Å². The van der Waals surface area contributed by atoms with E-state index in [1.165, 1.54) is 42.7 Å². The van der Waals surface area contributed by atoms with Crippen molar-refractivity contribution in [1.82, 2.24) is 10.2 Å². The van der Waals surface area contributed by atoms with Crippen LogP contribution in [0.15, 0.2) is 41.8 Å². The Bertz CT molecular complexity index is 774. The molecule has 2 aromatic rings. The predicted molar refractivity (Wildman–Crippen MR) is 109 cm³/mol. The zero-order valence-electron chi connectivity index (χ0n) is 15.7. The standard InChI is InChI=1S/C20H25N3O4S/c24-20(15-27-18-9-4-3-8-16(18)23(25)26)21-14-17(19-10-7-13-28-19)22-11-5-1-2-6-12-22/h3-4,7-10,13,17H,1-2,5-6,11-12,14-15H2,(H,21,24)/t17-/m1/s1. The third-order valence-electron chi connectivity index (χ3n) is 4.87. The van der Waals surface area contributed by atoms with E-state index in [1.807, 2.05) is 6.07 Å². The Balaban J connectivity index is 1.57. The number of nitro groups is 1. The summed E-state index contributed by atoms with van der Waals surface area (Å²) in [6.45, 7) is 2.32. The van der Waals surface area contributed by atoms with Crippen LogP contribution in [0.4, 0.5) is 5.69 Å². The number of carbonyl (C=O) groups excluding carboxylic acids is 1. The first-order valence-electron chi connectivity index (χ1n) is 9.55. The number of carbonyl (C=O) groups is 1. The van der Waals surface area contributed by atoms with Gasteiger partial charge in [-0.05, 0) is 43.4 Å².